The highest BCUT2D eigenvalue weighted by Crippen LogP contribution is 2.43. The second-order valence-electron chi connectivity index (χ2n) is 11.2. The summed E-state index contributed by atoms with van der Waals surface area (Å²) in [6, 6.07) is 11.3. The molecule has 3 aromatic rings. The maximum Gasteiger partial charge on any atom is 0.325 e. The number of carbonyl (C=O) groups is 1. The van der Waals surface area contributed by atoms with E-state index in [0.717, 1.165) is 22.4 Å². The van der Waals surface area contributed by atoms with Gasteiger partial charge in [0.05, 0.1) is 11.3 Å². The highest BCUT2D eigenvalue weighted by Gasteiger charge is 2.46. The van der Waals surface area contributed by atoms with Crippen molar-refractivity contribution >= 4 is 23.4 Å². The smallest absolute Gasteiger partial charge is 0.325 e. The van der Waals surface area contributed by atoms with Crippen molar-refractivity contribution in [2.45, 2.75) is 77.5 Å². The maximum absolute atomic E-state index is 13.4. The maximum atomic E-state index is 13.4. The fourth-order valence-corrected chi connectivity index (χ4v) is 5.35. The molecule has 1 aliphatic rings. The molecule has 1 aromatic heterocycles. The molecule has 0 saturated carbocycles. The van der Waals surface area contributed by atoms with Gasteiger partial charge in [0, 0.05) is 28.7 Å². The van der Waals surface area contributed by atoms with Crippen molar-refractivity contribution in [1.29, 1.82) is 0 Å². The second-order valence-corrected chi connectivity index (χ2v) is 12.5. The number of fused-ring (bicyclic) bond motifs is 3. The molecule has 36 heavy (non-hydrogen) atoms. The van der Waals surface area contributed by atoms with E-state index in [2.05, 4.69) is 46.5 Å². The monoisotopic (exact) mass is 507 g/mol. The first-order chi connectivity index (χ1) is 16.8. The van der Waals surface area contributed by atoms with Gasteiger partial charge in [0.15, 0.2) is 0 Å². The quantitative estimate of drug-likeness (QED) is 0.382. The zero-order valence-electron chi connectivity index (χ0n) is 22.3. The van der Waals surface area contributed by atoms with Gasteiger partial charge in [0.1, 0.15) is 5.75 Å². The van der Waals surface area contributed by atoms with Gasteiger partial charge >= 0.3 is 11.3 Å². The van der Waals surface area contributed by atoms with Gasteiger partial charge in [0.2, 0.25) is 11.1 Å². The molecule has 1 unspecified atom stereocenters. The minimum Gasteiger partial charge on any atom is -0.507 e. The number of aromatic nitrogens is 3. The Hall–Kier alpha value is -3.13. The standard InChI is InChI=1S/C28H34N4O3S/c1-9-36-26-29-24(35)22-18-12-10-11-13-21(18)31(16(2)33)25(32(22)30-26)17-14-19(27(3,4)5)23(34)20(15-17)28(6,7)8/h10-15,25H,9H2,1-8H3,(H-,29,30,34,35)/p+1. The van der Waals surface area contributed by atoms with Crippen LogP contribution in [-0.4, -0.2) is 26.8 Å². The first kappa shape index (κ1) is 25.9. The molecule has 0 saturated heterocycles. The Kier molecular flexibility index (Phi) is 6.54. The summed E-state index contributed by atoms with van der Waals surface area (Å²) in [7, 11) is 0. The van der Waals surface area contributed by atoms with Crippen LogP contribution >= 0.6 is 11.8 Å². The van der Waals surface area contributed by atoms with Crippen molar-refractivity contribution in [2.75, 3.05) is 10.7 Å². The van der Waals surface area contributed by atoms with Gasteiger partial charge in [-0.05, 0) is 45.5 Å². The van der Waals surface area contributed by atoms with E-state index in [1.807, 2.05) is 43.3 Å². The van der Waals surface area contributed by atoms with Crippen molar-refractivity contribution in [3.63, 3.8) is 0 Å². The van der Waals surface area contributed by atoms with Crippen LogP contribution in [0.15, 0.2) is 46.3 Å². The SMILES string of the molecule is CCSc1n[n+]2c(c(=O)[nH]1)-c1ccccc1N(C(C)=O)C2c1cc(C(C)(C)C)c(O)c(C(C)(C)C)c1. The Bertz CT molecular complexity index is 1360. The minimum atomic E-state index is -0.700. The van der Waals surface area contributed by atoms with Crippen LogP contribution in [0, 0.1) is 0 Å². The average molecular weight is 508 g/mol. The highest BCUT2D eigenvalue weighted by atomic mass is 32.2. The molecule has 1 aliphatic heterocycles. The number of nitrogens with zero attached hydrogens (tertiary/aromatic N) is 3. The number of anilines is 1. The molecule has 2 heterocycles. The molecule has 7 nitrogen and oxygen atoms in total. The normalized spacial score (nSPS) is 15.4. The van der Waals surface area contributed by atoms with Crippen molar-refractivity contribution in [1.82, 2.24) is 10.1 Å². The number of amides is 1. The first-order valence-corrected chi connectivity index (χ1v) is 13.2. The number of benzene rings is 2. The Morgan fingerprint density at radius 1 is 1.11 bits per heavy atom. The lowest BCUT2D eigenvalue weighted by Crippen LogP contribution is -2.60. The summed E-state index contributed by atoms with van der Waals surface area (Å²) >= 11 is 1.44. The van der Waals surface area contributed by atoms with Crippen LogP contribution in [0.2, 0.25) is 0 Å². The molecule has 2 aromatic carbocycles. The molecular formula is C28H35N4O3S+. The largest absolute Gasteiger partial charge is 0.507 e. The minimum absolute atomic E-state index is 0.167. The molecule has 1 atom stereocenters. The van der Waals surface area contributed by atoms with E-state index in [4.69, 9.17) is 5.10 Å². The van der Waals surface area contributed by atoms with Crippen LogP contribution in [0.4, 0.5) is 5.69 Å². The number of hydrogen-bond donors (Lipinski definition) is 2. The van der Waals surface area contributed by atoms with Crippen LogP contribution < -0.4 is 15.1 Å². The molecule has 0 spiro atoms. The molecule has 0 fully saturated rings. The predicted molar refractivity (Wildman–Crippen MR) is 144 cm³/mol. The number of aromatic hydroxyl groups is 1. The van der Waals surface area contributed by atoms with Crippen molar-refractivity contribution in [2.24, 2.45) is 0 Å². The summed E-state index contributed by atoms with van der Waals surface area (Å²) in [4.78, 5) is 31.2. The number of nitrogens with one attached hydrogen (secondary N) is 1. The van der Waals surface area contributed by atoms with E-state index in [1.165, 1.54) is 18.7 Å². The van der Waals surface area contributed by atoms with Crippen LogP contribution in [0.25, 0.3) is 11.3 Å². The average Bonchev–Trinajstić information content (AvgIpc) is 2.76. The molecular weight excluding hydrogens is 472 g/mol. The fourth-order valence-electron chi connectivity index (χ4n) is 4.76. The van der Waals surface area contributed by atoms with E-state index in [1.54, 1.807) is 9.58 Å². The lowest BCUT2D eigenvalue weighted by atomic mass is 9.78. The molecule has 0 bridgehead atoms. The van der Waals surface area contributed by atoms with E-state index in [0.29, 0.717) is 22.1 Å². The summed E-state index contributed by atoms with van der Waals surface area (Å²) < 4.78 is 1.67. The number of thioether (sulfide) groups is 1. The summed E-state index contributed by atoms with van der Waals surface area (Å²) in [6.07, 6.45) is -0.700. The van der Waals surface area contributed by atoms with E-state index in [-0.39, 0.29) is 28.0 Å². The summed E-state index contributed by atoms with van der Waals surface area (Å²) in [6.45, 7) is 15.8. The van der Waals surface area contributed by atoms with Crippen molar-refractivity contribution < 1.29 is 14.6 Å². The van der Waals surface area contributed by atoms with Gasteiger partial charge in [-0.25, -0.2) is 4.90 Å². The Labute approximate surface area is 216 Å². The molecule has 4 rings (SSSR count). The molecule has 2 N–H and O–H groups in total. The molecule has 0 radical (unpaired) electrons. The van der Waals surface area contributed by atoms with Crippen LogP contribution in [-0.2, 0) is 15.6 Å². The van der Waals surface area contributed by atoms with Crippen molar-refractivity contribution in [3.05, 3.63) is 63.4 Å². The second kappa shape index (κ2) is 9.07. The van der Waals surface area contributed by atoms with Gasteiger partial charge < -0.3 is 5.11 Å². The van der Waals surface area contributed by atoms with Gasteiger partial charge in [-0.15, -0.1) is 0 Å². The summed E-state index contributed by atoms with van der Waals surface area (Å²) in [5.74, 6) is 0.831. The number of phenolic OH excluding ortho intramolecular Hbond substituents is 1. The number of carbonyl (C=O) groups excluding carboxylic acids is 1. The van der Waals surface area contributed by atoms with Crippen LogP contribution in [0.1, 0.15) is 78.2 Å². The van der Waals surface area contributed by atoms with E-state index in [9.17, 15) is 14.7 Å². The summed E-state index contributed by atoms with van der Waals surface area (Å²) in [5, 5.41) is 16.6. The zero-order valence-corrected chi connectivity index (χ0v) is 23.1. The number of aromatic amines is 1. The predicted octanol–water partition coefficient (Wildman–Crippen LogP) is 5.05. The van der Waals surface area contributed by atoms with Gasteiger partial charge in [-0.2, -0.15) is 0 Å². The molecule has 0 aliphatic carbocycles. The zero-order chi connectivity index (χ0) is 26.6. The van der Waals surface area contributed by atoms with E-state index < -0.39 is 6.17 Å². The molecule has 8 heteroatoms. The van der Waals surface area contributed by atoms with Gasteiger partial charge in [-0.3, -0.25) is 14.6 Å². The molecule has 1 amide bonds. The lowest BCUT2D eigenvalue weighted by molar-refractivity contribution is -0.763. The topological polar surface area (TPSA) is 90.2 Å². The van der Waals surface area contributed by atoms with Crippen LogP contribution in [0.3, 0.4) is 0 Å². The number of rotatable bonds is 3. The Morgan fingerprint density at radius 3 is 2.22 bits per heavy atom. The van der Waals surface area contributed by atoms with Gasteiger partial charge in [0.25, 0.3) is 6.17 Å². The third-order valence-electron chi connectivity index (χ3n) is 6.42. The number of H-pyrrole nitrogens is 1. The molecule has 190 valence electrons. The highest BCUT2D eigenvalue weighted by molar-refractivity contribution is 7.99. The first-order valence-electron chi connectivity index (χ1n) is 12.2. The van der Waals surface area contributed by atoms with Crippen LogP contribution in [0.5, 0.6) is 5.75 Å². The number of hydrogen-bond acceptors (Lipinski definition) is 5. The van der Waals surface area contributed by atoms with E-state index >= 15 is 0 Å². The number of para-hydroxylation sites is 1. The van der Waals surface area contributed by atoms with Gasteiger partial charge in [-0.1, -0.05) is 72.4 Å². The Morgan fingerprint density at radius 2 is 1.69 bits per heavy atom. The third-order valence-corrected chi connectivity index (χ3v) is 7.17. The number of phenols is 1. The lowest BCUT2D eigenvalue weighted by Gasteiger charge is -2.33. The Balaban J connectivity index is 2.14. The third kappa shape index (κ3) is 4.43. The fraction of sp³-hybridized carbons (Fsp3) is 0.429. The summed E-state index contributed by atoms with van der Waals surface area (Å²) in [5.41, 5.74) is 3.08. The van der Waals surface area contributed by atoms with Crippen molar-refractivity contribution in [3.8, 4) is 17.0 Å².